The van der Waals surface area contributed by atoms with Gasteiger partial charge >= 0.3 is 0 Å². The van der Waals surface area contributed by atoms with Crippen LogP contribution in [-0.2, 0) is 0 Å². The van der Waals surface area contributed by atoms with E-state index in [0.717, 1.165) is 0 Å². The second kappa shape index (κ2) is 6.57. The second-order valence-corrected chi connectivity index (χ2v) is 4.39. The number of hydrogen-bond donors (Lipinski definition) is 1. The predicted molar refractivity (Wildman–Crippen MR) is 80.2 cm³/mol. The molecule has 1 aromatic heterocycles. The van der Waals surface area contributed by atoms with E-state index < -0.39 is 4.92 Å². The summed E-state index contributed by atoms with van der Waals surface area (Å²) in [7, 11) is 1.41. The van der Waals surface area contributed by atoms with Crippen LogP contribution in [0.25, 0.3) is 0 Å². The van der Waals surface area contributed by atoms with Crippen LogP contribution in [0.1, 0.15) is 16.3 Å². The number of hydrogen-bond acceptors (Lipinski definition) is 6. The molecule has 0 atom stereocenters. The van der Waals surface area contributed by atoms with Gasteiger partial charge in [-0.25, -0.2) is 0 Å². The van der Waals surface area contributed by atoms with Crippen LogP contribution >= 0.6 is 0 Å². The van der Waals surface area contributed by atoms with Crippen LogP contribution in [0.15, 0.2) is 47.0 Å². The van der Waals surface area contributed by atoms with Gasteiger partial charge in [0.05, 0.1) is 23.8 Å². The Morgan fingerprint density at radius 1 is 1.36 bits per heavy atom. The van der Waals surface area contributed by atoms with E-state index in [4.69, 9.17) is 9.15 Å². The van der Waals surface area contributed by atoms with Gasteiger partial charge in [-0.2, -0.15) is 0 Å². The lowest BCUT2D eigenvalue weighted by atomic mass is 10.2. The number of anilines is 1. The fraction of sp³-hybridized carbons (Fsp3) is 0.133. The molecule has 0 aliphatic heterocycles. The van der Waals surface area contributed by atoms with Crippen molar-refractivity contribution >= 4 is 17.2 Å². The first kappa shape index (κ1) is 15.3. The van der Waals surface area contributed by atoms with Gasteiger partial charge in [-0.05, 0) is 25.1 Å². The first-order valence-corrected chi connectivity index (χ1v) is 6.37. The molecule has 0 fully saturated rings. The van der Waals surface area contributed by atoms with Gasteiger partial charge in [0.25, 0.3) is 5.69 Å². The van der Waals surface area contributed by atoms with E-state index in [0.29, 0.717) is 17.2 Å². The number of furan rings is 1. The molecule has 0 bridgehead atoms. The monoisotopic (exact) mass is 302 g/mol. The van der Waals surface area contributed by atoms with E-state index in [1.165, 1.54) is 37.6 Å². The summed E-state index contributed by atoms with van der Waals surface area (Å²) in [5.41, 5.74) is 0.432. The van der Waals surface area contributed by atoms with E-state index in [9.17, 15) is 14.9 Å². The standard InChI is InChI=1S/C15H14N2O5/c1-10-3-6-14(22-10)13(18)7-8-16-12-5-4-11(17(19)20)9-15(12)21-2/h3-9,16H,1-2H3/b8-7+. The van der Waals surface area contributed by atoms with Crippen LogP contribution in [0.5, 0.6) is 5.75 Å². The van der Waals surface area contributed by atoms with Gasteiger partial charge < -0.3 is 14.5 Å². The average Bonchev–Trinajstić information content (AvgIpc) is 2.93. The topological polar surface area (TPSA) is 94.6 Å². The molecule has 0 radical (unpaired) electrons. The van der Waals surface area contributed by atoms with Crippen molar-refractivity contribution < 1.29 is 18.9 Å². The van der Waals surface area contributed by atoms with Crippen LogP contribution in [0, 0.1) is 17.0 Å². The third-order valence-corrected chi connectivity index (χ3v) is 2.85. The molecule has 0 saturated carbocycles. The summed E-state index contributed by atoms with van der Waals surface area (Å²) < 4.78 is 10.3. The molecule has 2 rings (SSSR count). The molecule has 0 aliphatic rings. The number of nitro groups is 1. The van der Waals surface area contributed by atoms with E-state index in [1.807, 2.05) is 0 Å². The maximum atomic E-state index is 11.8. The summed E-state index contributed by atoms with van der Waals surface area (Å²) in [5.74, 6) is 0.912. The van der Waals surface area contributed by atoms with E-state index in [1.54, 1.807) is 19.1 Å². The number of non-ortho nitro benzene ring substituents is 1. The molecule has 1 N–H and O–H groups in total. The Kier molecular flexibility index (Phi) is 4.57. The Hall–Kier alpha value is -3.09. The maximum Gasteiger partial charge on any atom is 0.273 e. The lowest BCUT2D eigenvalue weighted by Crippen LogP contribution is -1.97. The zero-order valence-corrected chi connectivity index (χ0v) is 12.0. The second-order valence-electron chi connectivity index (χ2n) is 4.39. The highest BCUT2D eigenvalue weighted by molar-refractivity contribution is 6.02. The number of nitro benzene ring substituents is 1. The minimum absolute atomic E-state index is 0.0754. The Labute approximate surface area is 126 Å². The molecule has 2 aromatic rings. The quantitative estimate of drug-likeness (QED) is 0.381. The Morgan fingerprint density at radius 2 is 2.14 bits per heavy atom. The highest BCUT2D eigenvalue weighted by Crippen LogP contribution is 2.28. The maximum absolute atomic E-state index is 11.8. The lowest BCUT2D eigenvalue weighted by molar-refractivity contribution is -0.384. The smallest absolute Gasteiger partial charge is 0.273 e. The number of allylic oxidation sites excluding steroid dienone is 1. The third-order valence-electron chi connectivity index (χ3n) is 2.85. The summed E-state index contributed by atoms with van der Waals surface area (Å²) in [6.07, 6.45) is 2.73. The van der Waals surface area contributed by atoms with Crippen LogP contribution < -0.4 is 10.1 Å². The number of rotatable bonds is 6. The molecule has 7 nitrogen and oxygen atoms in total. The molecule has 0 saturated heterocycles. The van der Waals surface area contributed by atoms with E-state index >= 15 is 0 Å². The molecule has 22 heavy (non-hydrogen) atoms. The van der Waals surface area contributed by atoms with Gasteiger partial charge in [-0.1, -0.05) is 0 Å². The molecule has 0 unspecified atom stereocenters. The summed E-state index contributed by atoms with van der Waals surface area (Å²) in [5, 5.41) is 13.6. The fourth-order valence-electron chi connectivity index (χ4n) is 1.77. The Balaban J connectivity index is 2.09. The number of ketones is 1. The number of nitrogens with one attached hydrogen (secondary N) is 1. The van der Waals surface area contributed by atoms with Crippen molar-refractivity contribution in [1.82, 2.24) is 0 Å². The number of carbonyl (C=O) groups is 1. The SMILES string of the molecule is COc1cc([N+](=O)[O-])ccc1N/C=C/C(=O)c1ccc(C)o1. The molecular formula is C15H14N2O5. The number of benzene rings is 1. The van der Waals surface area contributed by atoms with Crippen LogP contribution in [0.4, 0.5) is 11.4 Å². The Morgan fingerprint density at radius 3 is 2.73 bits per heavy atom. The number of aryl methyl sites for hydroxylation is 1. The summed E-state index contributed by atoms with van der Waals surface area (Å²) >= 11 is 0. The largest absolute Gasteiger partial charge is 0.494 e. The van der Waals surface area contributed by atoms with Crippen molar-refractivity contribution in [3.63, 3.8) is 0 Å². The van der Waals surface area contributed by atoms with Crippen molar-refractivity contribution in [3.05, 3.63) is 64.2 Å². The fourth-order valence-corrected chi connectivity index (χ4v) is 1.77. The molecule has 1 heterocycles. The highest BCUT2D eigenvalue weighted by Gasteiger charge is 2.11. The van der Waals surface area contributed by atoms with Gasteiger partial charge in [0.1, 0.15) is 11.5 Å². The number of carbonyl (C=O) groups excluding carboxylic acids is 1. The summed E-state index contributed by atoms with van der Waals surface area (Å²) in [4.78, 5) is 22.0. The third kappa shape index (κ3) is 3.51. The molecule has 114 valence electrons. The van der Waals surface area contributed by atoms with E-state index in [-0.39, 0.29) is 17.2 Å². The molecule has 1 aromatic carbocycles. The van der Waals surface area contributed by atoms with Crippen molar-refractivity contribution in [1.29, 1.82) is 0 Å². The first-order chi connectivity index (χ1) is 10.5. The van der Waals surface area contributed by atoms with Gasteiger partial charge in [-0.3, -0.25) is 14.9 Å². The zero-order valence-electron chi connectivity index (χ0n) is 12.0. The lowest BCUT2D eigenvalue weighted by Gasteiger charge is -2.07. The van der Waals surface area contributed by atoms with E-state index in [2.05, 4.69) is 5.32 Å². The normalized spacial score (nSPS) is 10.6. The number of nitrogens with zero attached hydrogens (tertiary/aromatic N) is 1. The van der Waals surface area contributed by atoms with Crippen LogP contribution in [0.3, 0.4) is 0 Å². The van der Waals surface area contributed by atoms with Crippen molar-refractivity contribution in [3.8, 4) is 5.75 Å². The minimum atomic E-state index is -0.509. The van der Waals surface area contributed by atoms with Gasteiger partial charge in [-0.15, -0.1) is 0 Å². The predicted octanol–water partition coefficient (Wildman–Crippen LogP) is 3.31. The van der Waals surface area contributed by atoms with Crippen LogP contribution in [0.2, 0.25) is 0 Å². The first-order valence-electron chi connectivity index (χ1n) is 6.37. The van der Waals surface area contributed by atoms with Crippen molar-refractivity contribution in [2.45, 2.75) is 6.92 Å². The molecule has 7 heteroatoms. The van der Waals surface area contributed by atoms with Gasteiger partial charge in [0.15, 0.2) is 5.76 Å². The molecule has 0 aliphatic carbocycles. The zero-order chi connectivity index (χ0) is 16.1. The number of ether oxygens (including phenoxy) is 1. The average molecular weight is 302 g/mol. The summed E-state index contributed by atoms with van der Waals surface area (Å²) in [6, 6.07) is 7.44. The Bertz CT molecular complexity index is 733. The summed E-state index contributed by atoms with van der Waals surface area (Å²) in [6.45, 7) is 1.75. The molecule has 0 spiro atoms. The number of methoxy groups -OCH3 is 1. The highest BCUT2D eigenvalue weighted by atomic mass is 16.6. The van der Waals surface area contributed by atoms with Crippen molar-refractivity contribution in [2.24, 2.45) is 0 Å². The van der Waals surface area contributed by atoms with Gasteiger partial charge in [0.2, 0.25) is 5.78 Å². The minimum Gasteiger partial charge on any atom is -0.494 e. The molecule has 0 amide bonds. The van der Waals surface area contributed by atoms with Crippen molar-refractivity contribution in [2.75, 3.05) is 12.4 Å². The van der Waals surface area contributed by atoms with Crippen LogP contribution in [-0.4, -0.2) is 17.8 Å². The van der Waals surface area contributed by atoms with Gasteiger partial charge in [0, 0.05) is 18.3 Å². The molecular weight excluding hydrogens is 288 g/mol.